The predicted octanol–water partition coefficient (Wildman–Crippen LogP) is 12.5. The number of rotatable bonds is 6. The highest BCUT2D eigenvalue weighted by Crippen LogP contribution is 2.48. The first-order valence-electron chi connectivity index (χ1n) is 20.8. The SMILES string of the molecule is Cc1ccc(N(c2ccc(C)cc2)c2cc3c4c(c2)Oc2cc(N(c5ccc(C)cc5)c5ccc(C)cc5)c5c(c2B4c2cc(C)ccc2O3)c2ccccc2n5C)cc1. The van der Waals surface area contributed by atoms with E-state index in [4.69, 9.17) is 9.47 Å². The molecule has 6 heteroatoms. The van der Waals surface area contributed by atoms with Crippen molar-refractivity contribution in [2.75, 3.05) is 9.80 Å². The van der Waals surface area contributed by atoms with Crippen LogP contribution in [0.1, 0.15) is 27.8 Å². The molecular weight excluding hydrogens is 733 g/mol. The van der Waals surface area contributed by atoms with Crippen molar-refractivity contribution in [2.24, 2.45) is 7.05 Å². The number of hydrogen-bond acceptors (Lipinski definition) is 4. The summed E-state index contributed by atoms with van der Waals surface area (Å²) in [4.78, 5) is 4.69. The predicted molar refractivity (Wildman–Crippen MR) is 251 cm³/mol. The van der Waals surface area contributed by atoms with Crippen molar-refractivity contribution in [1.29, 1.82) is 0 Å². The second-order valence-electron chi connectivity index (χ2n) is 16.7. The van der Waals surface area contributed by atoms with Crippen molar-refractivity contribution in [3.8, 4) is 23.0 Å². The van der Waals surface area contributed by atoms with Crippen molar-refractivity contribution in [1.82, 2.24) is 4.57 Å². The fraction of sp³-hybridized carbons (Fsp3) is 0.111. The van der Waals surface area contributed by atoms with Crippen molar-refractivity contribution in [2.45, 2.75) is 34.6 Å². The van der Waals surface area contributed by atoms with Crippen molar-refractivity contribution < 1.29 is 9.47 Å². The highest BCUT2D eigenvalue weighted by Gasteiger charge is 2.43. The minimum Gasteiger partial charge on any atom is -0.458 e. The summed E-state index contributed by atoms with van der Waals surface area (Å²) >= 11 is 0. The van der Waals surface area contributed by atoms with Crippen LogP contribution in [-0.2, 0) is 7.05 Å². The van der Waals surface area contributed by atoms with Gasteiger partial charge in [0, 0.05) is 69.7 Å². The Balaban J connectivity index is 1.22. The van der Waals surface area contributed by atoms with E-state index in [9.17, 15) is 0 Å². The van der Waals surface area contributed by atoms with E-state index in [-0.39, 0.29) is 6.71 Å². The summed E-state index contributed by atoms with van der Waals surface area (Å²) in [7, 11) is 2.20. The number of para-hydroxylation sites is 1. The van der Waals surface area contributed by atoms with Gasteiger partial charge in [-0.05, 0) is 106 Å². The average Bonchev–Trinajstić information content (AvgIpc) is 3.55. The second kappa shape index (κ2) is 13.7. The molecule has 0 atom stereocenters. The number of anilines is 6. The molecule has 3 heterocycles. The van der Waals surface area contributed by atoms with Crippen LogP contribution in [0.15, 0.2) is 158 Å². The first-order chi connectivity index (χ1) is 29.2. The Morgan fingerprint density at radius 1 is 0.433 bits per heavy atom. The summed E-state index contributed by atoms with van der Waals surface area (Å²) in [6.45, 7) is 10.6. The van der Waals surface area contributed by atoms with E-state index in [2.05, 4.69) is 214 Å². The van der Waals surface area contributed by atoms with Gasteiger partial charge < -0.3 is 23.8 Å². The van der Waals surface area contributed by atoms with Crippen LogP contribution in [0.4, 0.5) is 34.1 Å². The minimum absolute atomic E-state index is 0.141. The molecule has 0 amide bonds. The Kier molecular flexibility index (Phi) is 8.21. The van der Waals surface area contributed by atoms with Gasteiger partial charge in [-0.1, -0.05) is 107 Å². The highest BCUT2D eigenvalue weighted by atomic mass is 16.5. The van der Waals surface area contributed by atoms with Gasteiger partial charge >= 0.3 is 0 Å². The maximum atomic E-state index is 7.39. The Morgan fingerprint density at radius 3 is 1.45 bits per heavy atom. The first-order valence-corrected chi connectivity index (χ1v) is 20.8. The largest absolute Gasteiger partial charge is 0.458 e. The third-order valence-electron chi connectivity index (χ3n) is 12.4. The topological polar surface area (TPSA) is 29.9 Å². The molecule has 0 spiro atoms. The minimum atomic E-state index is -0.141. The van der Waals surface area contributed by atoms with Gasteiger partial charge in [0.2, 0.25) is 0 Å². The Hall–Kier alpha value is -7.18. The Labute approximate surface area is 351 Å². The lowest BCUT2D eigenvalue weighted by Crippen LogP contribution is -2.57. The molecule has 2 aliphatic rings. The molecule has 9 aromatic rings. The van der Waals surface area contributed by atoms with Gasteiger partial charge in [-0.25, -0.2) is 0 Å². The third kappa shape index (κ3) is 5.70. The lowest BCUT2D eigenvalue weighted by Gasteiger charge is -2.36. The fourth-order valence-electron chi connectivity index (χ4n) is 9.40. The molecule has 0 aliphatic carbocycles. The van der Waals surface area contributed by atoms with Crippen molar-refractivity contribution in [3.05, 3.63) is 186 Å². The van der Waals surface area contributed by atoms with E-state index in [1.807, 2.05) is 0 Å². The summed E-state index contributed by atoms with van der Waals surface area (Å²) < 4.78 is 16.7. The Bertz CT molecular complexity index is 3060. The van der Waals surface area contributed by atoms with Crippen LogP contribution in [-0.4, -0.2) is 11.3 Å². The zero-order valence-electron chi connectivity index (χ0n) is 34.7. The summed E-state index contributed by atoms with van der Waals surface area (Å²) in [5, 5.41) is 2.38. The van der Waals surface area contributed by atoms with Gasteiger partial charge in [0.25, 0.3) is 6.71 Å². The molecule has 0 unspecified atom stereocenters. The molecule has 0 saturated carbocycles. The van der Waals surface area contributed by atoms with Gasteiger partial charge in [0.05, 0.1) is 16.9 Å². The number of aryl methyl sites for hydroxylation is 6. The average molecular weight is 778 g/mol. The molecule has 0 bridgehead atoms. The summed E-state index contributed by atoms with van der Waals surface area (Å²) in [6.07, 6.45) is 0. The maximum absolute atomic E-state index is 7.39. The summed E-state index contributed by atoms with van der Waals surface area (Å²) in [6, 6.07) is 57.2. The number of hydrogen-bond donors (Lipinski definition) is 0. The zero-order valence-corrected chi connectivity index (χ0v) is 34.7. The molecule has 0 N–H and O–H groups in total. The fourth-order valence-corrected chi connectivity index (χ4v) is 9.40. The molecule has 1 aromatic heterocycles. The molecule has 2 aliphatic heterocycles. The summed E-state index contributed by atoms with van der Waals surface area (Å²) in [5.74, 6) is 3.30. The first kappa shape index (κ1) is 35.9. The molecule has 60 heavy (non-hydrogen) atoms. The van der Waals surface area contributed by atoms with Gasteiger partial charge in [0.1, 0.15) is 23.0 Å². The number of ether oxygens (including phenoxy) is 2. The molecule has 290 valence electrons. The van der Waals surface area contributed by atoms with Gasteiger partial charge in [-0.3, -0.25) is 0 Å². The van der Waals surface area contributed by atoms with Crippen LogP contribution in [0.25, 0.3) is 21.8 Å². The van der Waals surface area contributed by atoms with Gasteiger partial charge in [0.15, 0.2) is 0 Å². The lowest BCUT2D eigenvalue weighted by atomic mass is 9.34. The van der Waals surface area contributed by atoms with Crippen LogP contribution in [0, 0.1) is 34.6 Å². The number of nitrogens with zero attached hydrogens (tertiary/aromatic N) is 3. The van der Waals surface area contributed by atoms with E-state index in [1.165, 1.54) is 44.1 Å². The normalized spacial score (nSPS) is 12.4. The van der Waals surface area contributed by atoms with Gasteiger partial charge in [-0.2, -0.15) is 0 Å². The quantitative estimate of drug-likeness (QED) is 0.157. The van der Waals surface area contributed by atoms with Crippen molar-refractivity contribution >= 4 is 79.0 Å². The third-order valence-corrected chi connectivity index (χ3v) is 12.4. The monoisotopic (exact) mass is 777 g/mol. The highest BCUT2D eigenvalue weighted by molar-refractivity contribution is 7.00. The van der Waals surface area contributed by atoms with Crippen LogP contribution in [0.3, 0.4) is 0 Å². The molecular formula is C54H44BN3O2. The van der Waals surface area contributed by atoms with Crippen LogP contribution >= 0.6 is 0 Å². The van der Waals surface area contributed by atoms with Crippen molar-refractivity contribution in [3.63, 3.8) is 0 Å². The molecule has 0 radical (unpaired) electrons. The molecule has 5 nitrogen and oxygen atoms in total. The van der Waals surface area contributed by atoms with E-state index < -0.39 is 0 Å². The molecule has 0 saturated heterocycles. The van der Waals surface area contributed by atoms with E-state index in [0.717, 1.165) is 79.0 Å². The van der Waals surface area contributed by atoms with E-state index in [0.29, 0.717) is 0 Å². The van der Waals surface area contributed by atoms with E-state index >= 15 is 0 Å². The standard InChI is InChI=1S/C54H44BN3O2/c1-33-11-20-38(21-12-33)57(39-22-13-34(2)14-23-39)42-30-48-52-49(31-42)60-50-32-46(58(40-24-15-35(3)16-25-40)41-26-17-36(4)18-27-41)54-51(43-9-7-8-10-45(43)56(54)6)53(50)55(52)44-29-37(5)19-28-47(44)59-48/h7-32H,1-6H3. The van der Waals surface area contributed by atoms with Crippen LogP contribution in [0.2, 0.25) is 0 Å². The van der Waals surface area contributed by atoms with Crippen LogP contribution in [0.5, 0.6) is 23.0 Å². The maximum Gasteiger partial charge on any atom is 0.261 e. The zero-order chi connectivity index (χ0) is 40.8. The molecule has 11 rings (SSSR count). The smallest absolute Gasteiger partial charge is 0.261 e. The van der Waals surface area contributed by atoms with Crippen LogP contribution < -0.4 is 35.7 Å². The number of fused-ring (bicyclic) bond motifs is 8. The molecule has 8 aromatic carbocycles. The van der Waals surface area contributed by atoms with Gasteiger partial charge in [-0.15, -0.1) is 0 Å². The van der Waals surface area contributed by atoms with E-state index in [1.54, 1.807) is 0 Å². The Morgan fingerprint density at radius 2 is 0.900 bits per heavy atom. The molecule has 0 fully saturated rings. The summed E-state index contributed by atoms with van der Waals surface area (Å²) in [5.41, 5.74) is 18.0. The number of aromatic nitrogens is 1. The lowest BCUT2D eigenvalue weighted by molar-refractivity contribution is 0.465. The second-order valence-corrected chi connectivity index (χ2v) is 16.7. The number of benzene rings is 8.